The summed E-state index contributed by atoms with van der Waals surface area (Å²) in [6.07, 6.45) is 5.73. The van der Waals surface area contributed by atoms with Crippen LogP contribution in [-0.2, 0) is 4.28 Å². The average molecular weight is 231 g/mol. The first kappa shape index (κ1) is 8.44. The molecule has 0 aromatic rings. The maximum Gasteiger partial charge on any atom is 0.0991 e. The molecule has 3 rings (SSSR count). The maximum atomic E-state index is 5.41. The van der Waals surface area contributed by atoms with Crippen LogP contribution < -0.4 is 0 Å². The van der Waals surface area contributed by atoms with Gasteiger partial charge in [0.25, 0.3) is 0 Å². The highest BCUT2D eigenvalue weighted by atomic mass is 33.1. The minimum atomic E-state index is -0.0719. The molecule has 1 saturated carbocycles. The summed E-state index contributed by atoms with van der Waals surface area (Å²) in [5.41, 5.74) is 2.75. The molecule has 0 saturated heterocycles. The van der Waals surface area contributed by atoms with E-state index >= 15 is 0 Å². The van der Waals surface area contributed by atoms with E-state index in [1.807, 2.05) is 22.6 Å². The number of oxime groups is 1. The van der Waals surface area contributed by atoms with Gasteiger partial charge >= 0.3 is 0 Å². The van der Waals surface area contributed by atoms with E-state index in [0.717, 1.165) is 6.42 Å². The lowest BCUT2D eigenvalue weighted by Crippen LogP contribution is -2.17. The summed E-state index contributed by atoms with van der Waals surface area (Å²) in [4.78, 5) is 1.43. The van der Waals surface area contributed by atoms with Gasteiger partial charge in [-0.3, -0.25) is 0 Å². The molecule has 0 aromatic carbocycles. The van der Waals surface area contributed by atoms with E-state index < -0.39 is 0 Å². The summed E-state index contributed by atoms with van der Waals surface area (Å²) in [5.74, 6) is 0. The summed E-state index contributed by atoms with van der Waals surface area (Å²) in [7, 11) is 1.78. The summed E-state index contributed by atoms with van der Waals surface area (Å²) in [6, 6.07) is 0. The van der Waals surface area contributed by atoms with Crippen LogP contribution in [0.2, 0.25) is 0 Å². The third kappa shape index (κ3) is 1.13. The van der Waals surface area contributed by atoms with E-state index in [4.69, 9.17) is 4.28 Å². The zero-order valence-electron chi connectivity index (χ0n) is 7.20. The Hall–Kier alpha value is 0.130. The zero-order valence-corrected chi connectivity index (χ0v) is 9.65. The Morgan fingerprint density at radius 3 is 3.31 bits per heavy atom. The first-order valence-corrected chi connectivity index (χ1v) is 7.93. The van der Waals surface area contributed by atoms with Crippen LogP contribution in [0.15, 0.2) is 15.0 Å². The van der Waals surface area contributed by atoms with Crippen molar-refractivity contribution in [1.82, 2.24) is 0 Å². The molecule has 2 heterocycles. The second kappa shape index (κ2) is 3.07. The fourth-order valence-electron chi connectivity index (χ4n) is 1.76. The van der Waals surface area contributed by atoms with Gasteiger partial charge < -0.3 is 4.28 Å². The number of nitrogens with zero attached hydrogens (tertiary/aromatic N) is 1. The Kier molecular flexibility index (Phi) is 1.99. The molecular weight excluding hydrogens is 222 g/mol. The van der Waals surface area contributed by atoms with Crippen molar-refractivity contribution in [3.8, 4) is 0 Å². The fourth-order valence-corrected chi connectivity index (χ4v) is 7.04. The van der Waals surface area contributed by atoms with Crippen molar-refractivity contribution >= 4 is 42.9 Å². The van der Waals surface area contributed by atoms with E-state index in [0.29, 0.717) is 0 Å². The fraction of sp³-hybridized carbons (Fsp3) is 0.500. The molecule has 0 bridgehead atoms. The molecule has 1 aliphatic carbocycles. The van der Waals surface area contributed by atoms with E-state index in [9.17, 15) is 0 Å². The lowest BCUT2D eigenvalue weighted by Gasteiger charge is -2.13. The molecule has 1 atom stereocenters. The minimum Gasteiger partial charge on any atom is -0.319 e. The molecule has 13 heavy (non-hydrogen) atoms. The van der Waals surface area contributed by atoms with Crippen molar-refractivity contribution in [3.63, 3.8) is 0 Å². The molecule has 0 radical (unpaired) electrons. The molecule has 0 amide bonds. The van der Waals surface area contributed by atoms with Gasteiger partial charge in [-0.25, -0.2) is 0 Å². The summed E-state index contributed by atoms with van der Waals surface area (Å²) >= 11 is 1.85. The van der Waals surface area contributed by atoms with Crippen molar-refractivity contribution in [2.75, 3.05) is 6.26 Å². The first-order valence-electron chi connectivity index (χ1n) is 4.22. The minimum absolute atomic E-state index is 0.0719. The van der Waals surface area contributed by atoms with Gasteiger partial charge in [0, 0.05) is 0 Å². The Labute approximate surface area is 87.7 Å². The highest BCUT2D eigenvalue weighted by Gasteiger charge is 2.35. The molecule has 1 fully saturated rings. The van der Waals surface area contributed by atoms with Gasteiger partial charge in [-0.1, -0.05) is 5.16 Å². The van der Waals surface area contributed by atoms with E-state index in [-0.39, 0.29) is 9.80 Å². The molecule has 2 aliphatic heterocycles. The van der Waals surface area contributed by atoms with Crippen molar-refractivity contribution in [2.45, 2.75) is 19.3 Å². The first-order chi connectivity index (χ1) is 6.40. The monoisotopic (exact) mass is 231 g/mol. The highest BCUT2D eigenvalue weighted by Crippen LogP contribution is 2.56. The van der Waals surface area contributed by atoms with Crippen LogP contribution in [0.25, 0.3) is 0 Å². The third-order valence-corrected chi connectivity index (χ3v) is 7.24. The standard InChI is InChI=1S/C8H9NOS3/c1-11-8-5-3-2-4-6-7(5)13(12-8)10-9-6/h2-4H2,1H3. The number of hydrogen-bond acceptors (Lipinski definition) is 4. The van der Waals surface area contributed by atoms with E-state index in [1.54, 1.807) is 0 Å². The maximum absolute atomic E-state index is 5.41. The topological polar surface area (TPSA) is 21.6 Å². The largest absolute Gasteiger partial charge is 0.319 e. The molecule has 2 nitrogen and oxygen atoms in total. The predicted molar refractivity (Wildman–Crippen MR) is 63.1 cm³/mol. The Morgan fingerprint density at radius 1 is 1.54 bits per heavy atom. The second-order valence-electron chi connectivity index (χ2n) is 3.08. The van der Waals surface area contributed by atoms with Crippen molar-refractivity contribution in [1.29, 1.82) is 0 Å². The van der Waals surface area contributed by atoms with Crippen LogP contribution in [0, 0.1) is 0 Å². The molecule has 5 heteroatoms. The van der Waals surface area contributed by atoms with Crippen LogP contribution in [0.3, 0.4) is 0 Å². The van der Waals surface area contributed by atoms with Crippen LogP contribution >= 0.6 is 32.4 Å². The zero-order chi connectivity index (χ0) is 8.84. The Morgan fingerprint density at radius 2 is 2.46 bits per heavy atom. The van der Waals surface area contributed by atoms with Crippen LogP contribution in [-0.4, -0.2) is 16.8 Å². The summed E-state index contributed by atoms with van der Waals surface area (Å²) < 4.78 is 6.87. The molecule has 0 aromatic heterocycles. The average Bonchev–Trinajstić information content (AvgIpc) is 2.72. The number of allylic oxidation sites excluding steroid dienone is 1. The lowest BCUT2D eigenvalue weighted by molar-refractivity contribution is 0.413. The molecule has 3 aliphatic rings. The number of hydrogen-bond donors (Lipinski definition) is 0. The van der Waals surface area contributed by atoms with Crippen molar-refractivity contribution in [2.24, 2.45) is 5.16 Å². The van der Waals surface area contributed by atoms with Crippen LogP contribution in [0.1, 0.15) is 19.3 Å². The van der Waals surface area contributed by atoms with Gasteiger partial charge in [0.05, 0.1) is 24.6 Å². The molecule has 70 valence electrons. The number of rotatable bonds is 1. The van der Waals surface area contributed by atoms with Gasteiger partial charge in [0.2, 0.25) is 0 Å². The van der Waals surface area contributed by atoms with Gasteiger partial charge in [0.15, 0.2) is 0 Å². The van der Waals surface area contributed by atoms with Crippen molar-refractivity contribution in [3.05, 3.63) is 9.81 Å². The summed E-state index contributed by atoms with van der Waals surface area (Å²) in [6.45, 7) is 0. The molecular formula is C8H9NOS3. The summed E-state index contributed by atoms with van der Waals surface area (Å²) in [5, 5.41) is 4.14. The molecule has 1 unspecified atom stereocenters. The highest BCUT2D eigenvalue weighted by molar-refractivity contribution is 8.86. The lowest BCUT2D eigenvalue weighted by atomic mass is 9.94. The number of thioether (sulfide) groups is 1. The van der Waals surface area contributed by atoms with E-state index in [2.05, 4.69) is 11.4 Å². The van der Waals surface area contributed by atoms with Crippen molar-refractivity contribution < 1.29 is 4.28 Å². The van der Waals surface area contributed by atoms with Gasteiger partial charge in [-0.15, -0.1) is 11.8 Å². The third-order valence-electron chi connectivity index (χ3n) is 2.34. The predicted octanol–water partition coefficient (Wildman–Crippen LogP) is 3.15. The molecule has 0 N–H and O–H groups in total. The quantitative estimate of drug-likeness (QED) is 0.511. The Balaban J connectivity index is 2.10. The van der Waals surface area contributed by atoms with E-state index in [1.165, 1.54) is 33.2 Å². The van der Waals surface area contributed by atoms with Crippen LogP contribution in [0.4, 0.5) is 0 Å². The second-order valence-corrected chi connectivity index (χ2v) is 7.17. The Bertz CT molecular complexity index is 370. The van der Waals surface area contributed by atoms with Crippen LogP contribution in [0.5, 0.6) is 0 Å². The SMILES string of the molecule is CSC1=C2CCCC3=NOS(=C32)S1. The van der Waals surface area contributed by atoms with Gasteiger partial charge in [0.1, 0.15) is 0 Å². The van der Waals surface area contributed by atoms with Gasteiger partial charge in [-0.05, 0) is 41.9 Å². The molecule has 0 spiro atoms. The van der Waals surface area contributed by atoms with Gasteiger partial charge in [-0.2, -0.15) is 0 Å². The smallest absolute Gasteiger partial charge is 0.0991 e. The normalized spacial score (nSPS) is 30.4.